The molecule has 2 aliphatic heterocycles. The van der Waals surface area contributed by atoms with Gasteiger partial charge in [0.1, 0.15) is 21.8 Å². The Bertz CT molecular complexity index is 1850. The third-order valence-electron chi connectivity index (χ3n) is 8.99. The molecule has 3 aliphatic rings. The predicted octanol–water partition coefficient (Wildman–Crippen LogP) is 5.18. The number of anilines is 1. The minimum atomic E-state index is -0.592. The maximum Gasteiger partial charge on any atom is 0.407 e. The second kappa shape index (κ2) is 10.6. The molecule has 1 aliphatic carbocycles. The molecule has 44 heavy (non-hydrogen) atoms. The molecule has 14 heteroatoms. The molecule has 2 saturated heterocycles. The molecule has 0 radical (unpaired) electrons. The minimum Gasteiger partial charge on any atom is -0.444 e. The molecule has 0 spiro atoms. The Kier molecular flexibility index (Phi) is 7.09. The van der Waals surface area contributed by atoms with Crippen LogP contribution in [0, 0.1) is 5.92 Å². The average Bonchev–Trinajstić information content (AvgIpc) is 3.71. The van der Waals surface area contributed by atoms with E-state index in [1.165, 1.54) is 0 Å². The first-order chi connectivity index (χ1) is 20.9. The van der Waals surface area contributed by atoms with Crippen LogP contribution in [0.3, 0.4) is 0 Å². The highest BCUT2D eigenvalue weighted by Crippen LogP contribution is 2.42. The van der Waals surface area contributed by atoms with Gasteiger partial charge in [-0.2, -0.15) is 15.2 Å². The maximum atomic E-state index is 14.3. The highest BCUT2D eigenvalue weighted by atomic mass is 35.5. The molecule has 1 amide bonds. The van der Waals surface area contributed by atoms with Gasteiger partial charge < -0.3 is 19.7 Å². The van der Waals surface area contributed by atoms with E-state index in [9.17, 15) is 9.59 Å². The van der Waals surface area contributed by atoms with Crippen molar-refractivity contribution in [3.63, 3.8) is 0 Å². The first kappa shape index (κ1) is 29.4. The summed E-state index contributed by atoms with van der Waals surface area (Å²) in [6.45, 7) is 6.81. The number of amides is 1. The number of fused-ring (bicyclic) bond motifs is 4. The number of carbonyl (C=O) groups is 1. The lowest BCUT2D eigenvalue weighted by atomic mass is 10.1. The van der Waals surface area contributed by atoms with Crippen LogP contribution in [0.2, 0.25) is 10.2 Å². The van der Waals surface area contributed by atoms with Crippen molar-refractivity contribution in [1.82, 2.24) is 34.4 Å². The number of hydrogen-bond donors (Lipinski definition) is 1. The van der Waals surface area contributed by atoms with Gasteiger partial charge in [0.15, 0.2) is 11.9 Å². The number of halogens is 2. The summed E-state index contributed by atoms with van der Waals surface area (Å²) in [7, 11) is 3.48. The highest BCUT2D eigenvalue weighted by molar-refractivity contribution is 6.43. The average molecular weight is 644 g/mol. The van der Waals surface area contributed by atoms with Crippen LogP contribution in [-0.2, 0) is 23.6 Å². The molecule has 12 nitrogen and oxygen atoms in total. The van der Waals surface area contributed by atoms with Crippen LogP contribution >= 0.6 is 23.2 Å². The van der Waals surface area contributed by atoms with E-state index in [0.29, 0.717) is 62.5 Å². The molecule has 4 atom stereocenters. The number of rotatable bonds is 4. The Morgan fingerprint density at radius 3 is 2.61 bits per heavy atom. The number of piperidine rings is 1. The molecule has 3 fully saturated rings. The van der Waals surface area contributed by atoms with Gasteiger partial charge in [-0.1, -0.05) is 23.2 Å². The van der Waals surface area contributed by atoms with E-state index in [1.807, 2.05) is 32.9 Å². The summed E-state index contributed by atoms with van der Waals surface area (Å²) in [5, 5.41) is 14.2. The van der Waals surface area contributed by atoms with Gasteiger partial charge >= 0.3 is 6.09 Å². The van der Waals surface area contributed by atoms with E-state index in [4.69, 9.17) is 42.8 Å². The summed E-state index contributed by atoms with van der Waals surface area (Å²) in [6, 6.07) is 3.53. The molecule has 5 heterocycles. The van der Waals surface area contributed by atoms with Crippen LogP contribution in [0.4, 0.5) is 10.7 Å². The zero-order chi connectivity index (χ0) is 31.1. The molecule has 234 valence electrons. The summed E-state index contributed by atoms with van der Waals surface area (Å²) in [5.74, 6) is 0.753. The number of ether oxygens (including phenoxy) is 2. The molecule has 1 aromatic carbocycles. The van der Waals surface area contributed by atoms with E-state index in [0.717, 1.165) is 32.1 Å². The van der Waals surface area contributed by atoms with Gasteiger partial charge in [-0.25, -0.2) is 9.48 Å². The topological polar surface area (TPSA) is 121 Å². The van der Waals surface area contributed by atoms with E-state index in [1.54, 1.807) is 28.0 Å². The molecular weight excluding hydrogens is 607 g/mol. The van der Waals surface area contributed by atoms with Crippen LogP contribution in [0.25, 0.3) is 33.2 Å². The van der Waals surface area contributed by atoms with Crippen LogP contribution in [-0.4, -0.2) is 66.0 Å². The second-order valence-electron chi connectivity index (χ2n) is 13.1. The Labute approximate surface area is 264 Å². The number of hydrogen-bond acceptors (Lipinski definition) is 8. The van der Waals surface area contributed by atoms with E-state index in [2.05, 4.69) is 15.3 Å². The number of carbonyl (C=O) groups excluding carboxylic acids is 1. The quantitative estimate of drug-likeness (QED) is 0.323. The van der Waals surface area contributed by atoms with Crippen LogP contribution in [0.5, 0.6) is 0 Å². The molecule has 1 N–H and O–H groups in total. The van der Waals surface area contributed by atoms with E-state index < -0.39 is 11.7 Å². The van der Waals surface area contributed by atoms with Crippen LogP contribution in [0.1, 0.15) is 59.1 Å². The van der Waals surface area contributed by atoms with Gasteiger partial charge in [0, 0.05) is 32.8 Å². The van der Waals surface area contributed by atoms with Gasteiger partial charge in [0.25, 0.3) is 5.56 Å². The number of nitrogens with zero attached hydrogens (tertiary/aromatic N) is 7. The largest absolute Gasteiger partial charge is 0.444 e. The SMILES string of the molecule is Cn1nc2ccc(-c3nn([C@H]4CCCCO4)c4nc(N5C[C@@H]6CC[C@H]5[C@H]6NC(=O)OC(C)(C)C)n(C)c(=O)c34)c(Cl)c2c1Cl. The van der Waals surface area contributed by atoms with Crippen molar-refractivity contribution in [2.24, 2.45) is 20.0 Å². The molecule has 1 saturated carbocycles. The van der Waals surface area contributed by atoms with Crippen molar-refractivity contribution in [3.8, 4) is 11.3 Å². The van der Waals surface area contributed by atoms with Gasteiger partial charge in [-0.05, 0) is 70.9 Å². The van der Waals surface area contributed by atoms with Crippen molar-refractivity contribution in [3.05, 3.63) is 32.7 Å². The van der Waals surface area contributed by atoms with Crippen molar-refractivity contribution >= 4 is 57.2 Å². The van der Waals surface area contributed by atoms with Gasteiger partial charge in [-0.3, -0.25) is 14.0 Å². The Morgan fingerprint density at radius 2 is 1.89 bits per heavy atom. The Hall–Kier alpha value is -3.35. The zero-order valence-electron chi connectivity index (χ0n) is 25.4. The highest BCUT2D eigenvalue weighted by Gasteiger charge is 2.49. The summed E-state index contributed by atoms with van der Waals surface area (Å²) < 4.78 is 16.6. The standard InChI is InChI=1S/C30H36Cl2N8O4/c1-30(2,3)44-29(42)33-23-15-9-12-18(23)39(14-15)28-34-26-21(27(41)37(28)4)24(36-40(26)19-8-6-7-13-43-19)16-10-11-17-20(22(16)31)25(32)38(5)35-17/h10-11,15,18-19,23H,6-9,12-14H2,1-5H3,(H,33,42)/t15-,18-,19+,23-/m0/s1. The van der Waals surface area contributed by atoms with Gasteiger partial charge in [-0.15, -0.1) is 0 Å². The normalized spacial score (nSPS) is 23.7. The summed E-state index contributed by atoms with van der Waals surface area (Å²) in [6.07, 6.45) is 3.75. The number of alkyl carbamates (subject to hydrolysis) is 1. The molecule has 7 rings (SSSR count). The lowest BCUT2D eigenvalue weighted by Crippen LogP contribution is -2.46. The molecule has 4 aromatic rings. The van der Waals surface area contributed by atoms with Crippen molar-refractivity contribution < 1.29 is 14.3 Å². The third kappa shape index (κ3) is 4.73. The van der Waals surface area contributed by atoms with Crippen molar-refractivity contribution in [1.29, 1.82) is 0 Å². The van der Waals surface area contributed by atoms with E-state index in [-0.39, 0.29) is 29.8 Å². The predicted molar refractivity (Wildman–Crippen MR) is 168 cm³/mol. The lowest BCUT2D eigenvalue weighted by Gasteiger charge is -2.30. The second-order valence-corrected chi connectivity index (χ2v) is 13.8. The lowest BCUT2D eigenvalue weighted by molar-refractivity contribution is -0.0368. The number of aryl methyl sites for hydroxylation is 1. The third-order valence-corrected chi connectivity index (χ3v) is 9.81. The Morgan fingerprint density at radius 1 is 1.09 bits per heavy atom. The fraction of sp³-hybridized carbons (Fsp3) is 0.567. The fourth-order valence-electron chi connectivity index (χ4n) is 7.00. The monoisotopic (exact) mass is 642 g/mol. The van der Waals surface area contributed by atoms with E-state index >= 15 is 0 Å². The molecular formula is C30H36Cl2N8O4. The summed E-state index contributed by atoms with van der Waals surface area (Å²) >= 11 is 13.5. The molecule has 2 bridgehead atoms. The van der Waals surface area contributed by atoms with Crippen molar-refractivity contribution in [2.75, 3.05) is 18.1 Å². The maximum absolute atomic E-state index is 14.3. The smallest absolute Gasteiger partial charge is 0.407 e. The molecule has 0 unspecified atom stereocenters. The van der Waals surface area contributed by atoms with Crippen LogP contribution < -0.4 is 15.8 Å². The van der Waals surface area contributed by atoms with Crippen LogP contribution in [0.15, 0.2) is 16.9 Å². The molecule has 3 aromatic heterocycles. The summed E-state index contributed by atoms with van der Waals surface area (Å²) in [4.78, 5) is 34.2. The number of benzene rings is 1. The van der Waals surface area contributed by atoms with Crippen molar-refractivity contribution in [2.45, 2.75) is 76.8 Å². The zero-order valence-corrected chi connectivity index (χ0v) is 26.9. The number of nitrogens with one attached hydrogen (secondary N) is 1. The first-order valence-electron chi connectivity index (χ1n) is 15.1. The summed E-state index contributed by atoms with van der Waals surface area (Å²) in [5.41, 5.74) is 1.26. The van der Waals surface area contributed by atoms with Gasteiger partial charge in [0.2, 0.25) is 5.95 Å². The minimum absolute atomic E-state index is 0.0191. The Balaban J connectivity index is 1.35. The number of aromatic nitrogens is 6. The fourth-order valence-corrected chi connectivity index (χ4v) is 7.62. The first-order valence-corrected chi connectivity index (χ1v) is 15.9. The van der Waals surface area contributed by atoms with Gasteiger partial charge in [0.05, 0.1) is 28.0 Å².